The molecule has 0 unspecified atom stereocenters. The van der Waals surface area contributed by atoms with Crippen molar-refractivity contribution in [2.75, 3.05) is 14.2 Å². The molecule has 0 spiro atoms. The summed E-state index contributed by atoms with van der Waals surface area (Å²) in [5.41, 5.74) is 0.899. The molecule has 0 aliphatic heterocycles. The molecule has 0 aliphatic rings. The number of aromatic hydroxyl groups is 1. The highest BCUT2D eigenvalue weighted by Gasteiger charge is 2.13. The number of hydrogen-bond acceptors (Lipinski definition) is 5. The molecular formula is C17H14O5. The van der Waals surface area contributed by atoms with E-state index in [1.807, 2.05) is 0 Å². The molecule has 112 valence electrons. The van der Waals surface area contributed by atoms with Crippen molar-refractivity contribution in [3.63, 3.8) is 0 Å². The smallest absolute Gasteiger partial charge is 0.200 e. The molecule has 0 aliphatic carbocycles. The molecule has 0 radical (unpaired) electrons. The molecule has 1 aromatic heterocycles. The Morgan fingerprint density at radius 2 is 1.64 bits per heavy atom. The van der Waals surface area contributed by atoms with Crippen LogP contribution in [0.2, 0.25) is 0 Å². The zero-order valence-corrected chi connectivity index (χ0v) is 12.1. The number of fused-ring (bicyclic) bond motifs is 1. The Labute approximate surface area is 126 Å². The molecule has 0 atom stereocenters. The summed E-state index contributed by atoms with van der Waals surface area (Å²) in [7, 11) is 3.05. The van der Waals surface area contributed by atoms with Crippen LogP contribution in [0.3, 0.4) is 0 Å². The second kappa shape index (κ2) is 5.44. The molecule has 5 nitrogen and oxygen atoms in total. The number of benzene rings is 2. The van der Waals surface area contributed by atoms with E-state index in [0.29, 0.717) is 28.0 Å². The Kier molecular flexibility index (Phi) is 3.47. The average molecular weight is 298 g/mol. The zero-order valence-electron chi connectivity index (χ0n) is 12.1. The average Bonchev–Trinajstić information content (AvgIpc) is 2.55. The van der Waals surface area contributed by atoms with Crippen molar-refractivity contribution < 1.29 is 19.0 Å². The van der Waals surface area contributed by atoms with Crippen LogP contribution in [-0.4, -0.2) is 19.3 Å². The van der Waals surface area contributed by atoms with Gasteiger partial charge in [0.1, 0.15) is 29.1 Å². The Balaban J connectivity index is 2.20. The van der Waals surface area contributed by atoms with E-state index in [1.54, 1.807) is 37.4 Å². The number of ether oxygens (including phenoxy) is 2. The minimum Gasteiger partial charge on any atom is -0.507 e. The molecule has 5 heteroatoms. The minimum atomic E-state index is -0.218. The van der Waals surface area contributed by atoms with Crippen LogP contribution in [0.5, 0.6) is 17.2 Å². The first-order chi connectivity index (χ1) is 10.6. The molecule has 0 saturated carbocycles. The Bertz CT molecular complexity index is 895. The quantitative estimate of drug-likeness (QED) is 0.804. The highest BCUT2D eigenvalue weighted by Crippen LogP contribution is 2.32. The molecule has 3 aromatic rings. The van der Waals surface area contributed by atoms with E-state index < -0.39 is 0 Å². The van der Waals surface area contributed by atoms with Gasteiger partial charge in [-0.25, -0.2) is 0 Å². The fraction of sp³-hybridized carbons (Fsp3) is 0.118. The molecular weight excluding hydrogens is 284 g/mol. The van der Waals surface area contributed by atoms with Crippen molar-refractivity contribution in [2.24, 2.45) is 0 Å². The highest BCUT2D eigenvalue weighted by atomic mass is 16.5. The first-order valence-corrected chi connectivity index (χ1v) is 6.61. The Hall–Kier alpha value is -2.95. The first-order valence-electron chi connectivity index (χ1n) is 6.61. The van der Waals surface area contributed by atoms with E-state index >= 15 is 0 Å². The van der Waals surface area contributed by atoms with Gasteiger partial charge in [0.2, 0.25) is 5.43 Å². The van der Waals surface area contributed by atoms with Crippen LogP contribution in [0.15, 0.2) is 51.9 Å². The predicted octanol–water partition coefficient (Wildman–Crippen LogP) is 3.18. The third-order valence-electron chi connectivity index (χ3n) is 3.48. The van der Waals surface area contributed by atoms with Crippen LogP contribution < -0.4 is 14.9 Å². The van der Waals surface area contributed by atoms with Crippen LogP contribution in [0.1, 0.15) is 0 Å². The van der Waals surface area contributed by atoms with Crippen LogP contribution in [0.25, 0.3) is 22.1 Å². The van der Waals surface area contributed by atoms with Gasteiger partial charge in [-0.2, -0.15) is 0 Å². The van der Waals surface area contributed by atoms with Crippen LogP contribution >= 0.6 is 0 Å². The predicted molar refractivity (Wildman–Crippen MR) is 82.7 cm³/mol. The molecule has 0 bridgehead atoms. The van der Waals surface area contributed by atoms with Crippen molar-refractivity contribution in [1.82, 2.24) is 0 Å². The summed E-state index contributed by atoms with van der Waals surface area (Å²) >= 11 is 0. The largest absolute Gasteiger partial charge is 0.507 e. The topological polar surface area (TPSA) is 68.9 Å². The number of methoxy groups -OCH3 is 2. The second-order valence-electron chi connectivity index (χ2n) is 4.72. The zero-order chi connectivity index (χ0) is 15.7. The molecule has 2 aromatic carbocycles. The van der Waals surface area contributed by atoms with Gasteiger partial charge in [-0.1, -0.05) is 0 Å². The van der Waals surface area contributed by atoms with Crippen molar-refractivity contribution in [2.45, 2.75) is 0 Å². The lowest BCUT2D eigenvalue weighted by Gasteiger charge is -2.07. The maximum atomic E-state index is 12.6. The van der Waals surface area contributed by atoms with E-state index in [-0.39, 0.29) is 16.7 Å². The third-order valence-corrected chi connectivity index (χ3v) is 3.48. The maximum Gasteiger partial charge on any atom is 0.200 e. The summed E-state index contributed by atoms with van der Waals surface area (Å²) in [5, 5.41) is 10.5. The summed E-state index contributed by atoms with van der Waals surface area (Å²) in [4.78, 5) is 12.6. The monoisotopic (exact) mass is 298 g/mol. The Morgan fingerprint density at radius 1 is 0.955 bits per heavy atom. The molecule has 0 amide bonds. The summed E-state index contributed by atoms with van der Waals surface area (Å²) < 4.78 is 15.7. The third kappa shape index (κ3) is 2.26. The van der Waals surface area contributed by atoms with Crippen LogP contribution in [0.4, 0.5) is 0 Å². The molecule has 1 heterocycles. The van der Waals surface area contributed by atoms with Gasteiger partial charge in [-0.05, 0) is 24.3 Å². The number of rotatable bonds is 3. The summed E-state index contributed by atoms with van der Waals surface area (Å²) in [6.07, 6.45) is 1.34. The van der Waals surface area contributed by atoms with E-state index in [0.717, 1.165) is 0 Å². The fourth-order valence-electron chi connectivity index (χ4n) is 2.29. The van der Waals surface area contributed by atoms with Crippen LogP contribution in [0, 0.1) is 0 Å². The van der Waals surface area contributed by atoms with Gasteiger partial charge in [-0.3, -0.25) is 4.79 Å². The first kappa shape index (κ1) is 14.0. The molecule has 0 fully saturated rings. The van der Waals surface area contributed by atoms with Gasteiger partial charge in [0.05, 0.1) is 25.2 Å². The summed E-state index contributed by atoms with van der Waals surface area (Å²) in [5.74, 6) is 1.08. The number of phenols is 1. The lowest BCUT2D eigenvalue weighted by atomic mass is 10.0. The highest BCUT2D eigenvalue weighted by molar-refractivity contribution is 5.84. The Morgan fingerprint density at radius 3 is 2.32 bits per heavy atom. The SMILES string of the molecule is COc1ccc(-c2coc3cc(OC)ccc3c2=O)c(O)c1. The van der Waals surface area contributed by atoms with Crippen LogP contribution in [-0.2, 0) is 0 Å². The van der Waals surface area contributed by atoms with E-state index in [4.69, 9.17) is 13.9 Å². The van der Waals surface area contributed by atoms with Crippen molar-refractivity contribution >= 4 is 11.0 Å². The second-order valence-corrected chi connectivity index (χ2v) is 4.72. The van der Waals surface area contributed by atoms with Crippen molar-refractivity contribution in [3.8, 4) is 28.4 Å². The van der Waals surface area contributed by atoms with Gasteiger partial charge in [0.25, 0.3) is 0 Å². The van der Waals surface area contributed by atoms with E-state index in [2.05, 4.69) is 0 Å². The molecule has 1 N–H and O–H groups in total. The maximum absolute atomic E-state index is 12.6. The standard InChI is InChI=1S/C17H14O5/c1-20-10-3-5-12(15(18)7-10)14-9-22-16-8-11(21-2)4-6-13(16)17(14)19/h3-9,18H,1-2H3. The number of hydrogen-bond donors (Lipinski definition) is 1. The number of phenolic OH excluding ortho intramolecular Hbond substituents is 1. The van der Waals surface area contributed by atoms with Crippen molar-refractivity contribution in [3.05, 3.63) is 52.9 Å². The lowest BCUT2D eigenvalue weighted by Crippen LogP contribution is -2.05. The van der Waals surface area contributed by atoms with Gasteiger partial charge in [0.15, 0.2) is 0 Å². The normalized spacial score (nSPS) is 10.6. The van der Waals surface area contributed by atoms with Crippen molar-refractivity contribution in [1.29, 1.82) is 0 Å². The van der Waals surface area contributed by atoms with Gasteiger partial charge in [-0.15, -0.1) is 0 Å². The molecule has 22 heavy (non-hydrogen) atoms. The van der Waals surface area contributed by atoms with Gasteiger partial charge >= 0.3 is 0 Å². The molecule has 0 saturated heterocycles. The lowest BCUT2D eigenvalue weighted by molar-refractivity contribution is 0.408. The summed E-state index contributed by atoms with van der Waals surface area (Å²) in [6.45, 7) is 0. The van der Waals surface area contributed by atoms with E-state index in [9.17, 15) is 9.90 Å². The van der Waals surface area contributed by atoms with Gasteiger partial charge < -0.3 is 19.0 Å². The van der Waals surface area contributed by atoms with Gasteiger partial charge in [0, 0.05) is 17.7 Å². The molecule has 3 rings (SSSR count). The van der Waals surface area contributed by atoms with E-state index in [1.165, 1.54) is 19.4 Å². The summed E-state index contributed by atoms with van der Waals surface area (Å²) in [6, 6.07) is 9.73. The minimum absolute atomic E-state index is 0.0421. The fourth-order valence-corrected chi connectivity index (χ4v) is 2.29.